The van der Waals surface area contributed by atoms with Crippen molar-refractivity contribution < 1.29 is 9.59 Å². The summed E-state index contributed by atoms with van der Waals surface area (Å²) in [6.07, 6.45) is 4.57. The van der Waals surface area contributed by atoms with Gasteiger partial charge in [0.1, 0.15) is 0 Å². The number of amides is 2. The van der Waals surface area contributed by atoms with E-state index in [4.69, 9.17) is 0 Å². The standard InChI is InChI=1S/C19H28N2O2/c1-3-4-19(23)21-13-11-17(12-14-21)20-18(22)10-9-16-7-5-15(2)6-8-16/h5-8,17H,3-4,9-14H2,1-2H3,(H,20,22). The molecular weight excluding hydrogens is 288 g/mol. The van der Waals surface area contributed by atoms with E-state index in [2.05, 4.69) is 36.5 Å². The Hall–Kier alpha value is -1.84. The number of benzene rings is 1. The average molecular weight is 316 g/mol. The number of nitrogens with one attached hydrogen (secondary N) is 1. The van der Waals surface area contributed by atoms with Gasteiger partial charge in [0, 0.05) is 32.0 Å². The molecule has 1 aromatic rings. The highest BCUT2D eigenvalue weighted by molar-refractivity contribution is 5.77. The van der Waals surface area contributed by atoms with Crippen LogP contribution in [0.1, 0.15) is 50.2 Å². The normalized spacial score (nSPS) is 15.5. The van der Waals surface area contributed by atoms with Crippen molar-refractivity contribution in [3.63, 3.8) is 0 Å². The number of rotatable bonds is 6. The largest absolute Gasteiger partial charge is 0.353 e. The minimum atomic E-state index is 0.115. The maximum absolute atomic E-state index is 12.1. The van der Waals surface area contributed by atoms with Crippen LogP contribution in [0.15, 0.2) is 24.3 Å². The number of carbonyl (C=O) groups is 2. The lowest BCUT2D eigenvalue weighted by Crippen LogP contribution is -2.46. The fraction of sp³-hybridized carbons (Fsp3) is 0.579. The van der Waals surface area contributed by atoms with Gasteiger partial charge in [0.2, 0.25) is 11.8 Å². The van der Waals surface area contributed by atoms with E-state index in [9.17, 15) is 9.59 Å². The van der Waals surface area contributed by atoms with Crippen molar-refractivity contribution in [3.05, 3.63) is 35.4 Å². The lowest BCUT2D eigenvalue weighted by Gasteiger charge is -2.32. The van der Waals surface area contributed by atoms with E-state index in [-0.39, 0.29) is 17.9 Å². The number of nitrogens with zero attached hydrogens (tertiary/aromatic N) is 1. The molecular formula is C19H28N2O2. The lowest BCUT2D eigenvalue weighted by molar-refractivity contribution is -0.132. The third-order valence-corrected chi connectivity index (χ3v) is 4.44. The van der Waals surface area contributed by atoms with Gasteiger partial charge in [0.15, 0.2) is 0 Å². The predicted molar refractivity (Wildman–Crippen MR) is 92.2 cm³/mol. The fourth-order valence-corrected chi connectivity index (χ4v) is 2.96. The van der Waals surface area contributed by atoms with Crippen molar-refractivity contribution >= 4 is 11.8 Å². The van der Waals surface area contributed by atoms with E-state index in [0.29, 0.717) is 12.8 Å². The third-order valence-electron chi connectivity index (χ3n) is 4.44. The van der Waals surface area contributed by atoms with Gasteiger partial charge in [-0.1, -0.05) is 36.8 Å². The molecule has 0 spiro atoms. The fourth-order valence-electron chi connectivity index (χ4n) is 2.96. The van der Waals surface area contributed by atoms with Crippen molar-refractivity contribution in [1.29, 1.82) is 0 Å². The third kappa shape index (κ3) is 5.70. The van der Waals surface area contributed by atoms with Crippen LogP contribution in [0.5, 0.6) is 0 Å². The molecule has 4 nitrogen and oxygen atoms in total. The number of hydrogen-bond donors (Lipinski definition) is 1. The Morgan fingerprint density at radius 1 is 1.13 bits per heavy atom. The molecule has 1 fully saturated rings. The van der Waals surface area contributed by atoms with Crippen LogP contribution in [0.4, 0.5) is 0 Å². The summed E-state index contributed by atoms with van der Waals surface area (Å²) in [5.74, 6) is 0.362. The van der Waals surface area contributed by atoms with Crippen molar-refractivity contribution in [2.24, 2.45) is 0 Å². The molecule has 0 saturated carbocycles. The molecule has 1 N–H and O–H groups in total. The molecule has 0 atom stereocenters. The zero-order valence-electron chi connectivity index (χ0n) is 14.3. The van der Waals surface area contributed by atoms with Gasteiger partial charge in [0.25, 0.3) is 0 Å². The number of aryl methyl sites for hydroxylation is 2. The van der Waals surface area contributed by atoms with Crippen LogP contribution in [-0.4, -0.2) is 35.8 Å². The van der Waals surface area contributed by atoms with Gasteiger partial charge in [-0.2, -0.15) is 0 Å². The van der Waals surface area contributed by atoms with Crippen LogP contribution < -0.4 is 5.32 Å². The van der Waals surface area contributed by atoms with Crippen LogP contribution in [0.25, 0.3) is 0 Å². The number of likely N-dealkylation sites (tertiary alicyclic amines) is 1. The Kier molecular flexibility index (Phi) is 6.63. The highest BCUT2D eigenvalue weighted by Gasteiger charge is 2.23. The molecule has 126 valence electrons. The Morgan fingerprint density at radius 2 is 1.78 bits per heavy atom. The second-order valence-electron chi connectivity index (χ2n) is 6.46. The molecule has 0 bridgehead atoms. The minimum Gasteiger partial charge on any atom is -0.353 e. The van der Waals surface area contributed by atoms with Gasteiger partial charge in [0.05, 0.1) is 0 Å². The smallest absolute Gasteiger partial charge is 0.222 e. The molecule has 0 aromatic heterocycles. The topological polar surface area (TPSA) is 49.4 Å². The van der Waals surface area contributed by atoms with Crippen LogP contribution in [-0.2, 0) is 16.0 Å². The van der Waals surface area contributed by atoms with Crippen LogP contribution in [0.2, 0.25) is 0 Å². The number of piperidine rings is 1. The SMILES string of the molecule is CCCC(=O)N1CCC(NC(=O)CCc2ccc(C)cc2)CC1. The zero-order valence-corrected chi connectivity index (χ0v) is 14.3. The predicted octanol–water partition coefficient (Wildman–Crippen LogP) is 2.83. The van der Waals surface area contributed by atoms with E-state index >= 15 is 0 Å². The van der Waals surface area contributed by atoms with Gasteiger partial charge >= 0.3 is 0 Å². The van der Waals surface area contributed by atoms with Gasteiger partial charge in [-0.05, 0) is 38.2 Å². The Balaban J connectivity index is 1.68. The molecule has 4 heteroatoms. The maximum Gasteiger partial charge on any atom is 0.222 e. The quantitative estimate of drug-likeness (QED) is 0.877. The van der Waals surface area contributed by atoms with Gasteiger partial charge in [-0.15, -0.1) is 0 Å². The Morgan fingerprint density at radius 3 is 2.39 bits per heavy atom. The summed E-state index contributed by atoms with van der Waals surface area (Å²) < 4.78 is 0. The summed E-state index contributed by atoms with van der Waals surface area (Å²) >= 11 is 0. The van der Waals surface area contributed by atoms with E-state index in [1.807, 2.05) is 11.8 Å². The molecule has 2 amide bonds. The van der Waals surface area contributed by atoms with E-state index < -0.39 is 0 Å². The summed E-state index contributed by atoms with van der Waals surface area (Å²) in [7, 11) is 0. The Bertz CT molecular complexity index is 517. The summed E-state index contributed by atoms with van der Waals surface area (Å²) in [4.78, 5) is 25.9. The maximum atomic E-state index is 12.1. The first kappa shape index (κ1) is 17.5. The summed E-state index contributed by atoms with van der Waals surface area (Å²) in [6.45, 7) is 5.62. The summed E-state index contributed by atoms with van der Waals surface area (Å²) in [5.41, 5.74) is 2.44. The first-order chi connectivity index (χ1) is 11.1. The Labute approximate surface area is 139 Å². The van der Waals surface area contributed by atoms with Crippen molar-refractivity contribution in [3.8, 4) is 0 Å². The first-order valence-corrected chi connectivity index (χ1v) is 8.71. The molecule has 1 heterocycles. The van der Waals surface area contributed by atoms with Crippen molar-refractivity contribution in [1.82, 2.24) is 10.2 Å². The highest BCUT2D eigenvalue weighted by Crippen LogP contribution is 2.13. The zero-order chi connectivity index (χ0) is 16.7. The van der Waals surface area contributed by atoms with Crippen molar-refractivity contribution in [2.45, 2.75) is 58.4 Å². The van der Waals surface area contributed by atoms with E-state index in [1.165, 1.54) is 11.1 Å². The van der Waals surface area contributed by atoms with Crippen LogP contribution in [0.3, 0.4) is 0 Å². The molecule has 23 heavy (non-hydrogen) atoms. The van der Waals surface area contributed by atoms with Gasteiger partial charge < -0.3 is 10.2 Å². The van der Waals surface area contributed by atoms with Crippen LogP contribution >= 0.6 is 0 Å². The lowest BCUT2D eigenvalue weighted by atomic mass is 10.0. The van der Waals surface area contributed by atoms with E-state index in [0.717, 1.165) is 38.8 Å². The van der Waals surface area contributed by atoms with Gasteiger partial charge in [-0.25, -0.2) is 0 Å². The number of carbonyl (C=O) groups excluding carboxylic acids is 2. The summed E-state index contributed by atoms with van der Waals surface area (Å²) in [6, 6.07) is 8.54. The molecule has 1 saturated heterocycles. The number of hydrogen-bond acceptors (Lipinski definition) is 2. The minimum absolute atomic E-state index is 0.115. The molecule has 0 radical (unpaired) electrons. The highest BCUT2D eigenvalue weighted by atomic mass is 16.2. The van der Waals surface area contributed by atoms with Crippen molar-refractivity contribution in [2.75, 3.05) is 13.1 Å². The van der Waals surface area contributed by atoms with Gasteiger partial charge in [-0.3, -0.25) is 9.59 Å². The molecule has 0 aliphatic carbocycles. The molecule has 0 unspecified atom stereocenters. The van der Waals surface area contributed by atoms with Crippen LogP contribution in [0, 0.1) is 6.92 Å². The average Bonchev–Trinajstić information content (AvgIpc) is 2.55. The monoisotopic (exact) mass is 316 g/mol. The summed E-state index contributed by atoms with van der Waals surface area (Å²) in [5, 5.41) is 3.12. The molecule has 2 rings (SSSR count). The second-order valence-corrected chi connectivity index (χ2v) is 6.46. The first-order valence-electron chi connectivity index (χ1n) is 8.71. The van der Waals surface area contributed by atoms with E-state index in [1.54, 1.807) is 0 Å². The molecule has 1 aliphatic heterocycles. The second kappa shape index (κ2) is 8.70. The molecule has 1 aliphatic rings. The molecule has 1 aromatic carbocycles.